The van der Waals surface area contributed by atoms with Gasteiger partial charge in [0.1, 0.15) is 0 Å². The van der Waals surface area contributed by atoms with E-state index in [1.165, 1.54) is 0 Å². The van der Waals surface area contributed by atoms with Gasteiger partial charge in [0.25, 0.3) is 0 Å². The lowest BCUT2D eigenvalue weighted by Crippen LogP contribution is -2.38. The second kappa shape index (κ2) is 6.47. The van der Waals surface area contributed by atoms with E-state index in [0.29, 0.717) is 12.3 Å². The van der Waals surface area contributed by atoms with Crippen molar-refractivity contribution in [3.8, 4) is 0 Å². The SMILES string of the molecule is CCC1NC(=O)NC1C(C)CCCCC(=O)O. The van der Waals surface area contributed by atoms with Crippen LogP contribution in [-0.2, 0) is 4.79 Å². The van der Waals surface area contributed by atoms with E-state index in [1.807, 2.05) is 0 Å². The number of carbonyl (C=O) groups is 2. The summed E-state index contributed by atoms with van der Waals surface area (Å²) in [6.45, 7) is 4.17. The van der Waals surface area contributed by atoms with Gasteiger partial charge in [-0.05, 0) is 25.2 Å². The first kappa shape index (κ1) is 13.8. The third kappa shape index (κ3) is 4.24. The summed E-state index contributed by atoms with van der Waals surface area (Å²) in [7, 11) is 0. The maximum absolute atomic E-state index is 11.2. The molecule has 3 atom stereocenters. The zero-order valence-corrected chi connectivity index (χ0v) is 10.5. The van der Waals surface area contributed by atoms with Gasteiger partial charge >= 0.3 is 12.0 Å². The summed E-state index contributed by atoms with van der Waals surface area (Å²) in [6.07, 6.45) is 3.72. The minimum absolute atomic E-state index is 0.0840. The van der Waals surface area contributed by atoms with Gasteiger partial charge in [-0.2, -0.15) is 0 Å². The molecule has 0 radical (unpaired) electrons. The van der Waals surface area contributed by atoms with Crippen LogP contribution in [0, 0.1) is 5.92 Å². The number of aliphatic carboxylic acids is 1. The fraction of sp³-hybridized carbons (Fsp3) is 0.833. The molecule has 0 aromatic heterocycles. The molecule has 98 valence electrons. The Bertz CT molecular complexity index is 281. The summed E-state index contributed by atoms with van der Waals surface area (Å²) in [5.41, 5.74) is 0. The van der Waals surface area contributed by atoms with Crippen LogP contribution in [0.5, 0.6) is 0 Å². The lowest BCUT2D eigenvalue weighted by atomic mass is 9.90. The van der Waals surface area contributed by atoms with Crippen LogP contribution in [0.15, 0.2) is 0 Å². The molecule has 3 N–H and O–H groups in total. The first-order chi connectivity index (χ1) is 8.04. The van der Waals surface area contributed by atoms with Gasteiger partial charge in [0.2, 0.25) is 0 Å². The van der Waals surface area contributed by atoms with Gasteiger partial charge in [0.05, 0.1) is 12.1 Å². The van der Waals surface area contributed by atoms with Crippen LogP contribution in [0.2, 0.25) is 0 Å². The predicted molar refractivity (Wildman–Crippen MR) is 64.8 cm³/mol. The van der Waals surface area contributed by atoms with Crippen molar-refractivity contribution in [2.45, 2.75) is 58.0 Å². The number of carbonyl (C=O) groups excluding carboxylic acids is 1. The zero-order valence-electron chi connectivity index (χ0n) is 10.5. The van der Waals surface area contributed by atoms with E-state index in [4.69, 9.17) is 5.11 Å². The Morgan fingerprint density at radius 2 is 2.12 bits per heavy atom. The number of unbranched alkanes of at least 4 members (excludes halogenated alkanes) is 1. The van der Waals surface area contributed by atoms with Crippen LogP contribution >= 0.6 is 0 Å². The first-order valence-corrected chi connectivity index (χ1v) is 6.33. The van der Waals surface area contributed by atoms with E-state index in [1.54, 1.807) is 0 Å². The second-order valence-electron chi connectivity index (χ2n) is 4.78. The minimum Gasteiger partial charge on any atom is -0.481 e. The molecule has 0 saturated carbocycles. The predicted octanol–water partition coefficient (Wildman–Crippen LogP) is 1.73. The van der Waals surface area contributed by atoms with E-state index >= 15 is 0 Å². The Hall–Kier alpha value is -1.26. The molecule has 0 aromatic carbocycles. The molecule has 0 bridgehead atoms. The Morgan fingerprint density at radius 3 is 2.71 bits per heavy atom. The summed E-state index contributed by atoms with van der Waals surface area (Å²) in [6, 6.07) is 0.300. The summed E-state index contributed by atoms with van der Waals surface area (Å²) < 4.78 is 0. The highest BCUT2D eigenvalue weighted by Crippen LogP contribution is 2.20. The number of carboxylic acids is 1. The van der Waals surface area contributed by atoms with Gasteiger partial charge in [-0.25, -0.2) is 4.79 Å². The van der Waals surface area contributed by atoms with E-state index in [2.05, 4.69) is 24.5 Å². The van der Waals surface area contributed by atoms with Crippen molar-refractivity contribution in [1.82, 2.24) is 10.6 Å². The molecule has 1 rings (SSSR count). The highest BCUT2D eigenvalue weighted by molar-refractivity contribution is 5.77. The van der Waals surface area contributed by atoms with Gasteiger partial charge in [0.15, 0.2) is 0 Å². The van der Waals surface area contributed by atoms with Crippen molar-refractivity contribution in [3.05, 3.63) is 0 Å². The molecule has 1 aliphatic rings. The normalized spacial score (nSPS) is 25.2. The van der Waals surface area contributed by atoms with Crippen LogP contribution in [0.25, 0.3) is 0 Å². The summed E-state index contributed by atoms with van der Waals surface area (Å²) in [4.78, 5) is 21.6. The molecule has 2 amide bonds. The number of urea groups is 1. The Balaban J connectivity index is 2.29. The summed E-state index contributed by atoms with van der Waals surface area (Å²) in [5.74, 6) is -0.354. The largest absolute Gasteiger partial charge is 0.481 e. The third-order valence-corrected chi connectivity index (χ3v) is 3.40. The van der Waals surface area contributed by atoms with Gasteiger partial charge in [-0.3, -0.25) is 4.79 Å². The Labute approximate surface area is 102 Å². The summed E-state index contributed by atoms with van der Waals surface area (Å²) in [5, 5.41) is 14.4. The topological polar surface area (TPSA) is 78.4 Å². The molecule has 1 saturated heterocycles. The van der Waals surface area contributed by atoms with Crippen molar-refractivity contribution in [1.29, 1.82) is 0 Å². The number of rotatable bonds is 7. The highest BCUT2D eigenvalue weighted by atomic mass is 16.4. The van der Waals surface area contributed by atoms with Crippen LogP contribution in [0.3, 0.4) is 0 Å². The molecule has 1 fully saturated rings. The Morgan fingerprint density at radius 1 is 1.41 bits per heavy atom. The average molecular weight is 242 g/mol. The molecule has 0 aliphatic carbocycles. The van der Waals surface area contributed by atoms with E-state index in [9.17, 15) is 9.59 Å². The van der Waals surface area contributed by atoms with E-state index < -0.39 is 5.97 Å². The third-order valence-electron chi connectivity index (χ3n) is 3.40. The number of nitrogens with one attached hydrogen (secondary N) is 2. The van der Waals surface area contributed by atoms with Crippen molar-refractivity contribution in [3.63, 3.8) is 0 Å². The van der Waals surface area contributed by atoms with E-state index in [0.717, 1.165) is 19.3 Å². The standard InChI is InChI=1S/C12H22N2O3/c1-3-9-11(14-12(17)13-9)8(2)6-4-5-7-10(15)16/h8-9,11H,3-7H2,1-2H3,(H,15,16)(H2,13,14,17). The minimum atomic E-state index is -0.736. The average Bonchev–Trinajstić information content (AvgIpc) is 2.65. The molecule has 3 unspecified atom stereocenters. The van der Waals surface area contributed by atoms with Gasteiger partial charge in [-0.1, -0.05) is 20.3 Å². The monoisotopic (exact) mass is 242 g/mol. The smallest absolute Gasteiger partial charge is 0.315 e. The van der Waals surface area contributed by atoms with Crippen molar-refractivity contribution in [2.24, 2.45) is 5.92 Å². The van der Waals surface area contributed by atoms with Crippen molar-refractivity contribution < 1.29 is 14.7 Å². The molecular formula is C12H22N2O3. The lowest BCUT2D eigenvalue weighted by Gasteiger charge is -2.23. The fourth-order valence-corrected chi connectivity index (χ4v) is 2.37. The molecule has 0 spiro atoms. The number of carboxylic acid groups (broad SMARTS) is 1. The number of hydrogen-bond acceptors (Lipinski definition) is 2. The van der Waals surface area contributed by atoms with Crippen LogP contribution in [-0.4, -0.2) is 29.2 Å². The van der Waals surface area contributed by atoms with Crippen LogP contribution in [0.1, 0.15) is 46.0 Å². The molecular weight excluding hydrogens is 220 g/mol. The maximum atomic E-state index is 11.2. The molecule has 5 heteroatoms. The Kier molecular flexibility index (Phi) is 5.25. The quantitative estimate of drug-likeness (QED) is 0.595. The maximum Gasteiger partial charge on any atom is 0.315 e. The molecule has 0 aromatic rings. The second-order valence-corrected chi connectivity index (χ2v) is 4.78. The van der Waals surface area contributed by atoms with Gasteiger partial charge < -0.3 is 15.7 Å². The molecule has 5 nitrogen and oxygen atoms in total. The molecule has 1 aliphatic heterocycles. The molecule has 1 heterocycles. The zero-order chi connectivity index (χ0) is 12.8. The number of hydrogen-bond donors (Lipinski definition) is 3. The van der Waals surface area contributed by atoms with E-state index in [-0.39, 0.29) is 24.5 Å². The summed E-state index contributed by atoms with van der Waals surface area (Å²) >= 11 is 0. The van der Waals surface area contributed by atoms with Gasteiger partial charge in [0, 0.05) is 6.42 Å². The van der Waals surface area contributed by atoms with Gasteiger partial charge in [-0.15, -0.1) is 0 Å². The lowest BCUT2D eigenvalue weighted by molar-refractivity contribution is -0.137. The van der Waals surface area contributed by atoms with Crippen LogP contribution in [0.4, 0.5) is 4.79 Å². The fourth-order valence-electron chi connectivity index (χ4n) is 2.37. The molecule has 17 heavy (non-hydrogen) atoms. The van der Waals surface area contributed by atoms with Crippen LogP contribution < -0.4 is 10.6 Å². The van der Waals surface area contributed by atoms with Crippen molar-refractivity contribution in [2.75, 3.05) is 0 Å². The number of amides is 2. The van der Waals surface area contributed by atoms with Crippen molar-refractivity contribution >= 4 is 12.0 Å². The first-order valence-electron chi connectivity index (χ1n) is 6.33. The highest BCUT2D eigenvalue weighted by Gasteiger charge is 2.33.